The molecule has 0 saturated heterocycles. The van der Waals surface area contributed by atoms with Crippen LogP contribution in [0.2, 0.25) is 0 Å². The van der Waals surface area contributed by atoms with Crippen molar-refractivity contribution < 1.29 is 9.84 Å². The molecule has 0 radical (unpaired) electrons. The van der Waals surface area contributed by atoms with Gasteiger partial charge in [0.05, 0.1) is 6.61 Å². The van der Waals surface area contributed by atoms with Gasteiger partial charge in [-0.2, -0.15) is 0 Å². The molecule has 0 bridgehead atoms. The summed E-state index contributed by atoms with van der Waals surface area (Å²) in [7, 11) is 1.51. The van der Waals surface area contributed by atoms with E-state index in [2.05, 4.69) is 0 Å². The van der Waals surface area contributed by atoms with E-state index < -0.39 is 5.72 Å². The summed E-state index contributed by atoms with van der Waals surface area (Å²) >= 11 is 0. The lowest BCUT2D eigenvalue weighted by molar-refractivity contribution is -0.0533. The molecule has 0 aromatic carbocycles. The Bertz CT molecular complexity index is 71.5. The summed E-state index contributed by atoms with van der Waals surface area (Å²) in [5.74, 6) is 0. The van der Waals surface area contributed by atoms with Crippen molar-refractivity contribution in [1.82, 2.24) is 0 Å². The topological polar surface area (TPSA) is 55.5 Å². The minimum absolute atomic E-state index is 0.114. The van der Waals surface area contributed by atoms with Crippen molar-refractivity contribution in [2.75, 3.05) is 13.7 Å². The molecule has 0 saturated carbocycles. The molecule has 9 heavy (non-hydrogen) atoms. The second-order valence-corrected chi connectivity index (χ2v) is 2.18. The standard InChI is InChI=1S/C6H15NO2/c1-3-4-6(7,5-8)9-2/h8H,3-5,7H2,1-2H3/t6-/m0/s1. The van der Waals surface area contributed by atoms with E-state index >= 15 is 0 Å². The van der Waals surface area contributed by atoms with Crippen molar-refractivity contribution >= 4 is 0 Å². The van der Waals surface area contributed by atoms with Gasteiger partial charge >= 0.3 is 0 Å². The van der Waals surface area contributed by atoms with Crippen LogP contribution in [-0.2, 0) is 4.74 Å². The smallest absolute Gasteiger partial charge is 0.139 e. The first kappa shape index (κ1) is 8.88. The first-order valence-electron chi connectivity index (χ1n) is 3.13. The highest BCUT2D eigenvalue weighted by Gasteiger charge is 2.20. The highest BCUT2D eigenvalue weighted by atomic mass is 16.5. The lowest BCUT2D eigenvalue weighted by Gasteiger charge is -2.24. The Balaban J connectivity index is 3.62. The molecule has 0 aliphatic rings. The SMILES string of the molecule is CCC[C@@](N)(CO)OC. The van der Waals surface area contributed by atoms with Crippen LogP contribution in [0.25, 0.3) is 0 Å². The third-order valence-electron chi connectivity index (χ3n) is 1.35. The zero-order valence-corrected chi connectivity index (χ0v) is 6.05. The zero-order chi connectivity index (χ0) is 7.33. The lowest BCUT2D eigenvalue weighted by atomic mass is 10.1. The van der Waals surface area contributed by atoms with Crippen LogP contribution in [0.3, 0.4) is 0 Å². The average molecular weight is 133 g/mol. The molecule has 3 N–H and O–H groups in total. The molecular formula is C6H15NO2. The molecule has 0 heterocycles. The van der Waals surface area contributed by atoms with E-state index in [9.17, 15) is 0 Å². The Labute approximate surface area is 55.8 Å². The number of ether oxygens (including phenoxy) is 1. The van der Waals surface area contributed by atoms with E-state index in [1.807, 2.05) is 6.92 Å². The molecule has 1 atom stereocenters. The number of methoxy groups -OCH3 is 1. The van der Waals surface area contributed by atoms with Crippen molar-refractivity contribution in [1.29, 1.82) is 0 Å². The number of hydrogen-bond acceptors (Lipinski definition) is 3. The quantitative estimate of drug-likeness (QED) is 0.534. The van der Waals surface area contributed by atoms with Gasteiger partial charge in [0.1, 0.15) is 5.72 Å². The first-order valence-corrected chi connectivity index (χ1v) is 3.13. The largest absolute Gasteiger partial charge is 0.392 e. The van der Waals surface area contributed by atoms with Crippen molar-refractivity contribution in [3.05, 3.63) is 0 Å². The second-order valence-electron chi connectivity index (χ2n) is 2.18. The molecule has 0 aromatic rings. The van der Waals surface area contributed by atoms with Gasteiger partial charge in [0.25, 0.3) is 0 Å². The van der Waals surface area contributed by atoms with Crippen molar-refractivity contribution in [2.24, 2.45) is 5.73 Å². The Morgan fingerprint density at radius 1 is 1.67 bits per heavy atom. The van der Waals surface area contributed by atoms with E-state index in [0.29, 0.717) is 6.42 Å². The minimum Gasteiger partial charge on any atom is -0.392 e. The molecule has 3 heteroatoms. The summed E-state index contributed by atoms with van der Waals surface area (Å²) in [4.78, 5) is 0. The van der Waals surface area contributed by atoms with E-state index in [-0.39, 0.29) is 6.61 Å². The molecule has 0 spiro atoms. The van der Waals surface area contributed by atoms with Gasteiger partial charge in [0, 0.05) is 7.11 Å². The summed E-state index contributed by atoms with van der Waals surface area (Å²) in [6.07, 6.45) is 1.62. The fraction of sp³-hybridized carbons (Fsp3) is 1.00. The van der Waals surface area contributed by atoms with Gasteiger partial charge in [-0.15, -0.1) is 0 Å². The normalized spacial score (nSPS) is 17.3. The Kier molecular flexibility index (Phi) is 3.77. The summed E-state index contributed by atoms with van der Waals surface area (Å²) < 4.78 is 4.86. The van der Waals surface area contributed by atoms with Crippen LogP contribution >= 0.6 is 0 Å². The molecule has 3 nitrogen and oxygen atoms in total. The van der Waals surface area contributed by atoms with Gasteiger partial charge in [0.15, 0.2) is 0 Å². The minimum atomic E-state index is -0.811. The predicted molar refractivity (Wildman–Crippen MR) is 35.9 cm³/mol. The van der Waals surface area contributed by atoms with E-state index in [0.717, 1.165) is 6.42 Å². The Morgan fingerprint density at radius 2 is 2.22 bits per heavy atom. The molecule has 0 aromatic heterocycles. The number of hydrogen-bond donors (Lipinski definition) is 2. The van der Waals surface area contributed by atoms with Crippen molar-refractivity contribution in [3.63, 3.8) is 0 Å². The number of rotatable bonds is 4. The van der Waals surface area contributed by atoms with Crippen LogP contribution in [0, 0.1) is 0 Å². The summed E-state index contributed by atoms with van der Waals surface area (Å²) in [6, 6.07) is 0. The Morgan fingerprint density at radius 3 is 2.33 bits per heavy atom. The van der Waals surface area contributed by atoms with Crippen LogP contribution in [0.1, 0.15) is 19.8 Å². The van der Waals surface area contributed by atoms with Gasteiger partial charge in [-0.1, -0.05) is 13.3 Å². The lowest BCUT2D eigenvalue weighted by Crippen LogP contribution is -2.45. The van der Waals surface area contributed by atoms with E-state index in [1.165, 1.54) is 7.11 Å². The summed E-state index contributed by atoms with van der Waals surface area (Å²) in [5.41, 5.74) is 4.72. The second kappa shape index (κ2) is 3.82. The highest BCUT2D eigenvalue weighted by Crippen LogP contribution is 2.07. The van der Waals surface area contributed by atoms with E-state index in [4.69, 9.17) is 15.6 Å². The monoisotopic (exact) mass is 133 g/mol. The van der Waals surface area contributed by atoms with Gasteiger partial charge in [0.2, 0.25) is 0 Å². The molecular weight excluding hydrogens is 118 g/mol. The van der Waals surface area contributed by atoms with Crippen LogP contribution < -0.4 is 5.73 Å². The summed E-state index contributed by atoms with van der Waals surface area (Å²) in [6.45, 7) is 1.88. The van der Waals surface area contributed by atoms with Crippen molar-refractivity contribution in [3.8, 4) is 0 Å². The molecule has 0 fully saturated rings. The molecule has 0 aliphatic heterocycles. The fourth-order valence-electron chi connectivity index (χ4n) is 0.669. The van der Waals surface area contributed by atoms with Gasteiger partial charge in [-0.3, -0.25) is 0 Å². The third-order valence-corrected chi connectivity index (χ3v) is 1.35. The van der Waals surface area contributed by atoms with Crippen molar-refractivity contribution in [2.45, 2.75) is 25.5 Å². The molecule has 56 valence electrons. The first-order chi connectivity index (χ1) is 4.18. The number of aliphatic hydroxyl groups is 1. The summed E-state index contributed by atoms with van der Waals surface area (Å²) in [5, 5.41) is 8.67. The maximum Gasteiger partial charge on any atom is 0.139 e. The molecule has 0 unspecified atom stereocenters. The maximum absolute atomic E-state index is 8.67. The van der Waals surface area contributed by atoms with Gasteiger partial charge < -0.3 is 15.6 Å². The van der Waals surface area contributed by atoms with Crippen LogP contribution in [0.5, 0.6) is 0 Å². The van der Waals surface area contributed by atoms with Crippen LogP contribution in [0.15, 0.2) is 0 Å². The number of aliphatic hydroxyl groups excluding tert-OH is 1. The molecule has 0 aliphatic carbocycles. The van der Waals surface area contributed by atoms with Gasteiger partial charge in [-0.25, -0.2) is 0 Å². The number of nitrogens with two attached hydrogens (primary N) is 1. The molecule has 0 rings (SSSR count). The van der Waals surface area contributed by atoms with Crippen LogP contribution in [0.4, 0.5) is 0 Å². The zero-order valence-electron chi connectivity index (χ0n) is 6.05. The predicted octanol–water partition coefficient (Wildman–Crippen LogP) is 0.0802. The van der Waals surface area contributed by atoms with Gasteiger partial charge in [-0.05, 0) is 6.42 Å². The van der Waals surface area contributed by atoms with E-state index in [1.54, 1.807) is 0 Å². The Hall–Kier alpha value is -0.120. The van der Waals surface area contributed by atoms with Crippen LogP contribution in [-0.4, -0.2) is 24.5 Å². The highest BCUT2D eigenvalue weighted by molar-refractivity contribution is 4.69. The fourth-order valence-corrected chi connectivity index (χ4v) is 0.669. The molecule has 0 amide bonds. The third kappa shape index (κ3) is 2.79. The maximum atomic E-state index is 8.67. The average Bonchev–Trinajstić information content (AvgIpc) is 1.89.